The molecule has 1 aliphatic carbocycles. The second-order valence-electron chi connectivity index (χ2n) is 5.03. The summed E-state index contributed by atoms with van der Waals surface area (Å²) < 4.78 is 0. The van der Waals surface area contributed by atoms with Gasteiger partial charge < -0.3 is 10.4 Å². The lowest BCUT2D eigenvalue weighted by Gasteiger charge is -2.37. The van der Waals surface area contributed by atoms with Crippen molar-refractivity contribution in [2.45, 2.75) is 51.0 Å². The Kier molecular flexibility index (Phi) is 5.99. The van der Waals surface area contributed by atoms with Gasteiger partial charge in [0.25, 0.3) is 0 Å². The van der Waals surface area contributed by atoms with E-state index in [4.69, 9.17) is 0 Å². The molecule has 0 unspecified atom stereocenters. The Morgan fingerprint density at radius 1 is 1.39 bits per heavy atom. The van der Waals surface area contributed by atoms with Crippen molar-refractivity contribution in [3.63, 3.8) is 0 Å². The minimum absolute atomic E-state index is 0.137. The Bertz CT molecular complexity index is 299. The van der Waals surface area contributed by atoms with Gasteiger partial charge in [-0.3, -0.25) is 4.79 Å². The summed E-state index contributed by atoms with van der Waals surface area (Å²) in [6.45, 7) is 2.13. The maximum absolute atomic E-state index is 11.7. The Hall–Kier alpha value is -0.710. The molecule has 4 nitrogen and oxygen atoms in total. The molecule has 104 valence electrons. The van der Waals surface area contributed by atoms with Crippen LogP contribution in [0.2, 0.25) is 0 Å². The normalized spacial score (nSPS) is 27.8. The highest BCUT2D eigenvalue weighted by atomic mass is 32.2. The van der Waals surface area contributed by atoms with Crippen LogP contribution >= 0.6 is 11.8 Å². The molecule has 0 aromatic heterocycles. The summed E-state index contributed by atoms with van der Waals surface area (Å²) >= 11 is 1.60. The highest BCUT2D eigenvalue weighted by Gasteiger charge is 2.42. The molecule has 2 N–H and O–H groups in total. The number of carbonyl (C=O) groups is 2. The van der Waals surface area contributed by atoms with E-state index in [0.717, 1.165) is 25.0 Å². The number of rotatable bonds is 6. The molecule has 1 aliphatic rings. The molecule has 1 rings (SSSR count). The molecule has 0 bridgehead atoms. The molecule has 0 aromatic rings. The monoisotopic (exact) mass is 273 g/mol. The van der Waals surface area contributed by atoms with E-state index in [1.165, 1.54) is 0 Å². The number of carbonyl (C=O) groups excluding carboxylic acids is 1. The second kappa shape index (κ2) is 7.02. The Morgan fingerprint density at radius 2 is 2.00 bits per heavy atom. The first kappa shape index (κ1) is 15.3. The van der Waals surface area contributed by atoms with Gasteiger partial charge in [0.15, 0.2) is 0 Å². The number of carboxylic acids is 1. The van der Waals surface area contributed by atoms with Gasteiger partial charge in [0.2, 0.25) is 5.91 Å². The quantitative estimate of drug-likeness (QED) is 0.779. The molecule has 0 aromatic carbocycles. The maximum Gasteiger partial charge on any atom is 0.329 e. The molecule has 18 heavy (non-hydrogen) atoms. The SMILES string of the molecule is CCC1CCC(NC(=O)CCSC)(C(=O)O)CC1. The lowest BCUT2D eigenvalue weighted by molar-refractivity contribution is -0.149. The third-order valence-electron chi connectivity index (χ3n) is 3.86. The largest absolute Gasteiger partial charge is 0.480 e. The van der Waals surface area contributed by atoms with E-state index in [-0.39, 0.29) is 5.91 Å². The van der Waals surface area contributed by atoms with Crippen molar-refractivity contribution in [3.05, 3.63) is 0 Å². The number of amides is 1. The van der Waals surface area contributed by atoms with Gasteiger partial charge >= 0.3 is 5.97 Å². The smallest absolute Gasteiger partial charge is 0.329 e. The Labute approximate surface area is 113 Å². The van der Waals surface area contributed by atoms with Gasteiger partial charge in [-0.15, -0.1) is 0 Å². The zero-order chi connectivity index (χ0) is 13.6. The van der Waals surface area contributed by atoms with E-state index >= 15 is 0 Å². The van der Waals surface area contributed by atoms with Gasteiger partial charge in [-0.05, 0) is 37.9 Å². The van der Waals surface area contributed by atoms with E-state index in [9.17, 15) is 14.7 Å². The average molecular weight is 273 g/mol. The van der Waals surface area contributed by atoms with Crippen molar-refractivity contribution in [2.24, 2.45) is 5.92 Å². The van der Waals surface area contributed by atoms with Crippen LogP contribution in [0.3, 0.4) is 0 Å². The fraction of sp³-hybridized carbons (Fsp3) is 0.846. The van der Waals surface area contributed by atoms with Gasteiger partial charge in [-0.25, -0.2) is 4.79 Å². The van der Waals surface area contributed by atoms with Crippen molar-refractivity contribution >= 4 is 23.6 Å². The standard InChI is InChI=1S/C13H23NO3S/c1-3-10-4-7-13(8-5-10,12(16)17)14-11(15)6-9-18-2/h10H,3-9H2,1-2H3,(H,14,15)(H,16,17). The van der Waals surface area contributed by atoms with E-state index in [1.807, 2.05) is 6.26 Å². The van der Waals surface area contributed by atoms with Crippen molar-refractivity contribution in [1.82, 2.24) is 5.32 Å². The fourth-order valence-corrected chi connectivity index (χ4v) is 2.88. The molecule has 0 atom stereocenters. The Morgan fingerprint density at radius 3 is 2.44 bits per heavy atom. The van der Waals surface area contributed by atoms with E-state index in [1.54, 1.807) is 11.8 Å². The first-order valence-corrected chi connectivity index (χ1v) is 7.97. The van der Waals surface area contributed by atoms with Gasteiger partial charge in [0, 0.05) is 12.2 Å². The molecule has 5 heteroatoms. The second-order valence-corrected chi connectivity index (χ2v) is 6.02. The molecule has 0 spiro atoms. The predicted octanol–water partition coefficient (Wildman–Crippen LogP) is 2.28. The highest BCUT2D eigenvalue weighted by molar-refractivity contribution is 7.98. The molecule has 1 amide bonds. The van der Waals surface area contributed by atoms with Crippen LogP contribution in [0.15, 0.2) is 0 Å². The lowest BCUT2D eigenvalue weighted by atomic mass is 9.75. The molecule has 0 heterocycles. The topological polar surface area (TPSA) is 66.4 Å². The first-order chi connectivity index (χ1) is 8.54. The van der Waals surface area contributed by atoms with Crippen molar-refractivity contribution in [1.29, 1.82) is 0 Å². The van der Waals surface area contributed by atoms with Crippen molar-refractivity contribution < 1.29 is 14.7 Å². The summed E-state index contributed by atoms with van der Waals surface area (Å²) in [6, 6.07) is 0. The van der Waals surface area contributed by atoms with E-state index in [0.29, 0.717) is 25.2 Å². The minimum Gasteiger partial charge on any atom is -0.480 e. The number of carboxylic acid groups (broad SMARTS) is 1. The van der Waals surface area contributed by atoms with E-state index < -0.39 is 11.5 Å². The molecular weight excluding hydrogens is 250 g/mol. The summed E-state index contributed by atoms with van der Waals surface area (Å²) in [6.07, 6.45) is 6.34. The third kappa shape index (κ3) is 3.90. The third-order valence-corrected chi connectivity index (χ3v) is 4.47. The number of thioether (sulfide) groups is 1. The number of aliphatic carboxylic acids is 1. The summed E-state index contributed by atoms with van der Waals surface area (Å²) in [4.78, 5) is 23.2. The van der Waals surface area contributed by atoms with Crippen LogP contribution in [0.5, 0.6) is 0 Å². The molecule has 0 aliphatic heterocycles. The summed E-state index contributed by atoms with van der Waals surface area (Å²) in [5, 5.41) is 12.2. The molecule has 0 radical (unpaired) electrons. The minimum atomic E-state index is -1.01. The maximum atomic E-state index is 11.7. The zero-order valence-electron chi connectivity index (χ0n) is 11.2. The lowest BCUT2D eigenvalue weighted by Crippen LogP contribution is -2.56. The first-order valence-electron chi connectivity index (χ1n) is 6.57. The van der Waals surface area contributed by atoms with Crippen LogP contribution in [-0.2, 0) is 9.59 Å². The van der Waals surface area contributed by atoms with Gasteiger partial charge in [0.1, 0.15) is 5.54 Å². The number of nitrogens with one attached hydrogen (secondary N) is 1. The molecule has 1 fully saturated rings. The average Bonchev–Trinajstić information content (AvgIpc) is 2.37. The van der Waals surface area contributed by atoms with Crippen LogP contribution in [0.1, 0.15) is 45.4 Å². The highest BCUT2D eigenvalue weighted by Crippen LogP contribution is 2.34. The number of hydrogen-bond acceptors (Lipinski definition) is 3. The van der Waals surface area contributed by atoms with Crippen molar-refractivity contribution in [2.75, 3.05) is 12.0 Å². The summed E-state index contributed by atoms with van der Waals surface area (Å²) in [5.41, 5.74) is -1.01. The van der Waals surface area contributed by atoms with Crippen LogP contribution in [0, 0.1) is 5.92 Å². The van der Waals surface area contributed by atoms with Gasteiger partial charge in [-0.2, -0.15) is 11.8 Å². The number of hydrogen-bond donors (Lipinski definition) is 2. The van der Waals surface area contributed by atoms with Crippen molar-refractivity contribution in [3.8, 4) is 0 Å². The van der Waals surface area contributed by atoms with Crippen LogP contribution in [-0.4, -0.2) is 34.5 Å². The molecular formula is C13H23NO3S. The van der Waals surface area contributed by atoms with Crippen LogP contribution in [0.4, 0.5) is 0 Å². The van der Waals surface area contributed by atoms with E-state index in [2.05, 4.69) is 12.2 Å². The fourth-order valence-electron chi connectivity index (χ4n) is 2.50. The Balaban J connectivity index is 2.60. The van der Waals surface area contributed by atoms with Crippen LogP contribution < -0.4 is 5.32 Å². The summed E-state index contributed by atoms with van der Waals surface area (Å²) in [7, 11) is 0. The molecule has 1 saturated carbocycles. The zero-order valence-corrected chi connectivity index (χ0v) is 12.0. The van der Waals surface area contributed by atoms with Crippen LogP contribution in [0.25, 0.3) is 0 Å². The van der Waals surface area contributed by atoms with Gasteiger partial charge in [-0.1, -0.05) is 13.3 Å². The summed E-state index contributed by atoms with van der Waals surface area (Å²) in [5.74, 6) is 0.330. The molecule has 0 saturated heterocycles. The van der Waals surface area contributed by atoms with Gasteiger partial charge in [0.05, 0.1) is 0 Å². The predicted molar refractivity (Wildman–Crippen MR) is 73.8 cm³/mol.